The Morgan fingerprint density at radius 1 is 1.14 bits per heavy atom. The van der Waals surface area contributed by atoms with Crippen molar-refractivity contribution in [1.82, 2.24) is 14.5 Å². The Labute approximate surface area is 125 Å². The molecule has 1 unspecified atom stereocenters. The number of nitrogens with one attached hydrogen (secondary N) is 1. The van der Waals surface area contributed by atoms with Crippen LogP contribution >= 0.6 is 0 Å². The van der Waals surface area contributed by atoms with Crippen LogP contribution in [0.2, 0.25) is 0 Å². The van der Waals surface area contributed by atoms with Crippen LogP contribution in [0.25, 0.3) is 0 Å². The van der Waals surface area contributed by atoms with Gasteiger partial charge in [-0.05, 0) is 26.1 Å². The van der Waals surface area contributed by atoms with Gasteiger partial charge in [0.2, 0.25) is 15.9 Å². The van der Waals surface area contributed by atoms with Gasteiger partial charge < -0.3 is 10.2 Å². The van der Waals surface area contributed by atoms with Gasteiger partial charge in [0, 0.05) is 26.2 Å². The van der Waals surface area contributed by atoms with Crippen LogP contribution in [-0.2, 0) is 14.8 Å². The molecule has 1 amide bonds. The van der Waals surface area contributed by atoms with Crippen molar-refractivity contribution in [2.75, 3.05) is 33.2 Å². The summed E-state index contributed by atoms with van der Waals surface area (Å²) in [6.07, 6.45) is 0. The molecule has 0 bridgehead atoms. The van der Waals surface area contributed by atoms with Crippen LogP contribution in [0.3, 0.4) is 0 Å². The lowest BCUT2D eigenvalue weighted by Gasteiger charge is -2.35. The van der Waals surface area contributed by atoms with E-state index >= 15 is 0 Å². The van der Waals surface area contributed by atoms with Crippen molar-refractivity contribution in [1.29, 1.82) is 0 Å². The Morgan fingerprint density at radius 3 is 2.24 bits per heavy atom. The summed E-state index contributed by atoms with van der Waals surface area (Å²) in [5.41, 5.74) is 0. The average molecular weight is 311 g/mol. The summed E-state index contributed by atoms with van der Waals surface area (Å²) in [5, 5.41) is 2.91. The van der Waals surface area contributed by atoms with Gasteiger partial charge in [0.25, 0.3) is 0 Å². The molecular formula is C14H21N3O3S. The molecule has 1 fully saturated rings. The van der Waals surface area contributed by atoms with E-state index in [2.05, 4.69) is 5.32 Å². The van der Waals surface area contributed by atoms with E-state index in [4.69, 9.17) is 0 Å². The van der Waals surface area contributed by atoms with Gasteiger partial charge in [-0.2, -0.15) is 4.31 Å². The molecule has 1 N–H and O–H groups in total. The fourth-order valence-corrected chi connectivity index (χ4v) is 3.73. The molecule has 1 aliphatic rings. The first kappa shape index (κ1) is 15.9. The second-order valence-electron chi connectivity index (χ2n) is 5.05. The molecule has 0 spiro atoms. The second kappa shape index (κ2) is 6.55. The molecule has 7 heteroatoms. The van der Waals surface area contributed by atoms with Crippen molar-refractivity contribution in [2.45, 2.75) is 17.9 Å². The number of benzene rings is 1. The zero-order valence-electron chi connectivity index (χ0n) is 12.3. The van der Waals surface area contributed by atoms with Crippen LogP contribution in [0.1, 0.15) is 6.92 Å². The number of rotatable bonds is 4. The summed E-state index contributed by atoms with van der Waals surface area (Å²) in [4.78, 5) is 14.1. The summed E-state index contributed by atoms with van der Waals surface area (Å²) >= 11 is 0. The molecule has 0 radical (unpaired) electrons. The average Bonchev–Trinajstić information content (AvgIpc) is 2.54. The maximum atomic E-state index is 12.5. The summed E-state index contributed by atoms with van der Waals surface area (Å²) in [6, 6.07) is 8.14. The third-order valence-corrected chi connectivity index (χ3v) is 5.65. The highest BCUT2D eigenvalue weighted by Crippen LogP contribution is 2.17. The van der Waals surface area contributed by atoms with Gasteiger partial charge in [0.1, 0.15) is 0 Å². The van der Waals surface area contributed by atoms with Gasteiger partial charge in [-0.3, -0.25) is 4.79 Å². The van der Waals surface area contributed by atoms with Crippen LogP contribution < -0.4 is 5.32 Å². The van der Waals surface area contributed by atoms with Gasteiger partial charge >= 0.3 is 0 Å². The molecule has 0 saturated carbocycles. The standard InChI is InChI=1S/C14H21N3O3S/c1-12(15-2)14(18)16-8-10-17(11-9-16)21(19,20)13-6-4-3-5-7-13/h3-7,12,15H,8-11H2,1-2H3. The van der Waals surface area contributed by atoms with Crippen LogP contribution in [0.5, 0.6) is 0 Å². The smallest absolute Gasteiger partial charge is 0.243 e. The Hall–Kier alpha value is -1.44. The van der Waals surface area contributed by atoms with Crippen LogP contribution in [0, 0.1) is 0 Å². The minimum atomic E-state index is -3.46. The Bertz CT molecular complexity index is 581. The van der Waals surface area contributed by atoms with E-state index in [1.165, 1.54) is 4.31 Å². The van der Waals surface area contributed by atoms with Crippen LogP contribution in [0.4, 0.5) is 0 Å². The van der Waals surface area contributed by atoms with E-state index in [-0.39, 0.29) is 11.9 Å². The third-order valence-electron chi connectivity index (χ3n) is 3.73. The SMILES string of the molecule is CNC(C)C(=O)N1CCN(S(=O)(=O)c2ccccc2)CC1. The molecule has 116 valence electrons. The van der Waals surface area contributed by atoms with Gasteiger partial charge in [0.15, 0.2) is 0 Å². The van der Waals surface area contributed by atoms with Crippen molar-refractivity contribution in [3.05, 3.63) is 30.3 Å². The first-order valence-corrected chi connectivity index (χ1v) is 8.42. The summed E-state index contributed by atoms with van der Waals surface area (Å²) in [6.45, 7) is 3.32. The topological polar surface area (TPSA) is 69.7 Å². The maximum Gasteiger partial charge on any atom is 0.243 e. The predicted molar refractivity (Wildman–Crippen MR) is 80.3 cm³/mol. The van der Waals surface area contributed by atoms with Crippen LogP contribution in [0.15, 0.2) is 35.2 Å². The van der Waals surface area contributed by atoms with E-state index in [1.54, 1.807) is 49.2 Å². The molecule has 0 aromatic heterocycles. The molecule has 1 aromatic rings. The number of amides is 1. The van der Waals surface area contributed by atoms with Crippen molar-refractivity contribution >= 4 is 15.9 Å². The molecule has 6 nitrogen and oxygen atoms in total. The van der Waals surface area contributed by atoms with E-state index in [0.717, 1.165) is 0 Å². The quantitative estimate of drug-likeness (QED) is 0.858. The number of nitrogens with zero attached hydrogens (tertiary/aromatic N) is 2. The lowest BCUT2D eigenvalue weighted by Crippen LogP contribution is -2.54. The Kier molecular flexibility index (Phi) is 4.97. The second-order valence-corrected chi connectivity index (χ2v) is 6.99. The molecule has 21 heavy (non-hydrogen) atoms. The number of likely N-dealkylation sites (N-methyl/N-ethyl adjacent to an activating group) is 1. The van der Waals surface area contributed by atoms with E-state index in [9.17, 15) is 13.2 Å². The summed E-state index contributed by atoms with van der Waals surface area (Å²) < 4.78 is 26.4. The minimum absolute atomic E-state index is 0.00857. The fourth-order valence-electron chi connectivity index (χ4n) is 2.29. The normalized spacial score (nSPS) is 18.5. The lowest BCUT2D eigenvalue weighted by atomic mass is 10.2. The zero-order chi connectivity index (χ0) is 15.5. The molecule has 1 heterocycles. The zero-order valence-corrected chi connectivity index (χ0v) is 13.1. The number of carbonyl (C=O) groups excluding carboxylic acids is 1. The monoisotopic (exact) mass is 311 g/mol. The number of hydrogen-bond acceptors (Lipinski definition) is 4. The molecule has 2 rings (SSSR count). The van der Waals surface area contributed by atoms with Gasteiger partial charge in [-0.1, -0.05) is 18.2 Å². The molecule has 1 atom stereocenters. The highest BCUT2D eigenvalue weighted by atomic mass is 32.2. The molecule has 0 aliphatic carbocycles. The van der Waals surface area contributed by atoms with Crippen molar-refractivity contribution in [3.63, 3.8) is 0 Å². The summed E-state index contributed by atoms with van der Waals surface area (Å²) in [7, 11) is -1.72. The van der Waals surface area contributed by atoms with Crippen LogP contribution in [-0.4, -0.2) is 62.8 Å². The Balaban J connectivity index is 2.03. The highest BCUT2D eigenvalue weighted by molar-refractivity contribution is 7.89. The maximum absolute atomic E-state index is 12.5. The molecule has 1 aromatic carbocycles. The first-order valence-electron chi connectivity index (χ1n) is 6.98. The van der Waals surface area contributed by atoms with Crippen molar-refractivity contribution < 1.29 is 13.2 Å². The van der Waals surface area contributed by atoms with Crippen molar-refractivity contribution in [2.24, 2.45) is 0 Å². The molecule has 1 saturated heterocycles. The highest BCUT2D eigenvalue weighted by Gasteiger charge is 2.30. The van der Waals surface area contributed by atoms with E-state index in [0.29, 0.717) is 31.1 Å². The van der Waals surface area contributed by atoms with Gasteiger partial charge in [-0.15, -0.1) is 0 Å². The fraction of sp³-hybridized carbons (Fsp3) is 0.500. The number of carbonyl (C=O) groups is 1. The Morgan fingerprint density at radius 2 is 1.71 bits per heavy atom. The van der Waals surface area contributed by atoms with Gasteiger partial charge in [0.05, 0.1) is 10.9 Å². The molecular weight excluding hydrogens is 290 g/mol. The number of sulfonamides is 1. The minimum Gasteiger partial charge on any atom is -0.339 e. The van der Waals surface area contributed by atoms with E-state index in [1.807, 2.05) is 0 Å². The summed E-state index contributed by atoms with van der Waals surface area (Å²) in [5.74, 6) is 0.00857. The molecule has 1 aliphatic heterocycles. The van der Waals surface area contributed by atoms with Crippen molar-refractivity contribution in [3.8, 4) is 0 Å². The first-order chi connectivity index (χ1) is 9.96. The number of piperazine rings is 1. The lowest BCUT2D eigenvalue weighted by molar-refractivity contribution is -0.134. The predicted octanol–water partition coefficient (Wildman–Crippen LogP) is 0.127. The van der Waals surface area contributed by atoms with Gasteiger partial charge in [-0.25, -0.2) is 8.42 Å². The third kappa shape index (κ3) is 3.42. The largest absolute Gasteiger partial charge is 0.339 e. The number of hydrogen-bond donors (Lipinski definition) is 1. The van der Waals surface area contributed by atoms with E-state index < -0.39 is 10.0 Å².